The summed E-state index contributed by atoms with van der Waals surface area (Å²) in [6.07, 6.45) is 3.19. The molecule has 0 radical (unpaired) electrons. The van der Waals surface area contributed by atoms with Gasteiger partial charge in [-0.25, -0.2) is 4.39 Å². The summed E-state index contributed by atoms with van der Waals surface area (Å²) in [5.41, 5.74) is 4.45. The average Bonchev–Trinajstić information content (AvgIpc) is 3.11. The highest BCUT2D eigenvalue weighted by Crippen LogP contribution is 2.49. The first kappa shape index (κ1) is 12.8. The summed E-state index contributed by atoms with van der Waals surface area (Å²) in [7, 11) is 1.59. The molecule has 1 fully saturated rings. The fraction of sp³-hybridized carbons (Fsp3) is 0.727. The number of rotatable bonds is 6. The van der Waals surface area contributed by atoms with Gasteiger partial charge in [-0.1, -0.05) is 11.6 Å². The Hall–Kier alpha value is -0.650. The van der Waals surface area contributed by atoms with E-state index in [1.54, 1.807) is 11.8 Å². The standard InChI is InChI=1S/C11H17ClFN3O/c1-17-5-4-16-10(9(12)6-15-16)11(13,7-14)8-2-3-8/h6,8H,2-5,7,14H2,1H3. The van der Waals surface area contributed by atoms with Crippen LogP contribution in [0.4, 0.5) is 4.39 Å². The van der Waals surface area contributed by atoms with Crippen LogP contribution in [-0.2, 0) is 17.0 Å². The van der Waals surface area contributed by atoms with Crippen molar-refractivity contribution in [1.82, 2.24) is 9.78 Å². The minimum absolute atomic E-state index is 0.0250. The number of aromatic nitrogens is 2. The van der Waals surface area contributed by atoms with Crippen LogP contribution in [0.2, 0.25) is 5.02 Å². The molecule has 6 heteroatoms. The van der Waals surface area contributed by atoms with Gasteiger partial charge >= 0.3 is 0 Å². The first-order valence-corrected chi connectivity index (χ1v) is 6.11. The maximum absolute atomic E-state index is 14.9. The highest BCUT2D eigenvalue weighted by atomic mass is 35.5. The molecule has 1 aromatic heterocycles. The van der Waals surface area contributed by atoms with Gasteiger partial charge in [-0.05, 0) is 12.8 Å². The lowest BCUT2D eigenvalue weighted by Crippen LogP contribution is -2.35. The van der Waals surface area contributed by atoms with Crippen LogP contribution < -0.4 is 5.73 Å². The zero-order valence-electron chi connectivity index (χ0n) is 9.83. The van der Waals surface area contributed by atoms with Crippen LogP contribution >= 0.6 is 11.6 Å². The molecule has 1 atom stereocenters. The fourth-order valence-corrected chi connectivity index (χ4v) is 2.42. The van der Waals surface area contributed by atoms with Crippen molar-refractivity contribution in [2.75, 3.05) is 20.3 Å². The number of halogens is 2. The van der Waals surface area contributed by atoms with Crippen molar-refractivity contribution in [2.45, 2.75) is 25.1 Å². The molecular weight excluding hydrogens is 245 g/mol. The van der Waals surface area contributed by atoms with Crippen molar-refractivity contribution in [3.8, 4) is 0 Å². The van der Waals surface area contributed by atoms with Gasteiger partial charge in [0.1, 0.15) is 0 Å². The van der Waals surface area contributed by atoms with E-state index in [1.807, 2.05) is 0 Å². The zero-order chi connectivity index (χ0) is 12.5. The van der Waals surface area contributed by atoms with E-state index < -0.39 is 5.67 Å². The highest BCUT2D eigenvalue weighted by Gasteiger charge is 2.49. The SMILES string of the molecule is COCCn1ncc(Cl)c1C(F)(CN)C1CC1. The Morgan fingerprint density at radius 2 is 2.41 bits per heavy atom. The van der Waals surface area contributed by atoms with Gasteiger partial charge < -0.3 is 10.5 Å². The maximum Gasteiger partial charge on any atom is 0.168 e. The molecule has 0 amide bonds. The second-order valence-electron chi connectivity index (χ2n) is 4.40. The van der Waals surface area contributed by atoms with Crippen molar-refractivity contribution in [1.29, 1.82) is 0 Å². The van der Waals surface area contributed by atoms with Crippen molar-refractivity contribution >= 4 is 11.6 Å². The van der Waals surface area contributed by atoms with Crippen LogP contribution in [-0.4, -0.2) is 30.0 Å². The summed E-state index contributed by atoms with van der Waals surface area (Å²) < 4.78 is 21.5. The van der Waals surface area contributed by atoms with E-state index in [0.29, 0.717) is 23.9 Å². The van der Waals surface area contributed by atoms with Gasteiger partial charge in [-0.15, -0.1) is 0 Å². The summed E-state index contributed by atoms with van der Waals surface area (Å²) >= 11 is 6.04. The summed E-state index contributed by atoms with van der Waals surface area (Å²) in [6, 6.07) is 0. The molecule has 4 nitrogen and oxygen atoms in total. The Labute approximate surface area is 105 Å². The third-order valence-electron chi connectivity index (χ3n) is 3.22. The Bertz CT molecular complexity index is 394. The molecule has 0 bridgehead atoms. The second-order valence-corrected chi connectivity index (χ2v) is 4.81. The molecule has 0 aliphatic heterocycles. The number of nitrogens with zero attached hydrogens (tertiary/aromatic N) is 2. The van der Waals surface area contributed by atoms with Gasteiger partial charge in [-0.3, -0.25) is 4.68 Å². The number of hydrogen-bond acceptors (Lipinski definition) is 3. The first-order valence-electron chi connectivity index (χ1n) is 5.73. The molecule has 1 unspecified atom stereocenters. The Morgan fingerprint density at radius 1 is 1.71 bits per heavy atom. The Balaban J connectivity index is 2.31. The summed E-state index contributed by atoms with van der Waals surface area (Å²) in [4.78, 5) is 0. The van der Waals surface area contributed by atoms with E-state index in [4.69, 9.17) is 22.1 Å². The molecule has 96 valence electrons. The number of hydrogen-bond donors (Lipinski definition) is 1. The Morgan fingerprint density at radius 3 is 2.94 bits per heavy atom. The predicted octanol–water partition coefficient (Wildman–Crippen LogP) is 1.72. The molecule has 2 rings (SSSR count). The minimum Gasteiger partial charge on any atom is -0.383 e. The molecule has 2 N–H and O–H groups in total. The summed E-state index contributed by atoms with van der Waals surface area (Å²) in [6.45, 7) is 0.892. The van der Waals surface area contributed by atoms with E-state index in [9.17, 15) is 4.39 Å². The average molecular weight is 262 g/mol. The third kappa shape index (κ3) is 2.32. The zero-order valence-corrected chi connectivity index (χ0v) is 10.6. The lowest BCUT2D eigenvalue weighted by atomic mass is 9.95. The molecule has 1 saturated carbocycles. The number of nitrogens with two attached hydrogens (primary N) is 1. The van der Waals surface area contributed by atoms with Crippen LogP contribution in [0, 0.1) is 5.92 Å². The molecule has 0 spiro atoms. The van der Waals surface area contributed by atoms with E-state index in [2.05, 4.69) is 5.10 Å². The van der Waals surface area contributed by atoms with E-state index in [-0.39, 0.29) is 12.5 Å². The fourth-order valence-electron chi connectivity index (χ4n) is 2.12. The van der Waals surface area contributed by atoms with E-state index >= 15 is 0 Å². The van der Waals surface area contributed by atoms with E-state index in [0.717, 1.165) is 12.8 Å². The molecule has 1 aliphatic carbocycles. The van der Waals surface area contributed by atoms with E-state index in [1.165, 1.54) is 6.20 Å². The van der Waals surface area contributed by atoms with Crippen LogP contribution in [0.3, 0.4) is 0 Å². The quantitative estimate of drug-likeness (QED) is 0.848. The molecule has 17 heavy (non-hydrogen) atoms. The molecule has 0 aromatic carbocycles. The van der Waals surface area contributed by atoms with Crippen LogP contribution in [0.1, 0.15) is 18.5 Å². The van der Waals surface area contributed by atoms with Crippen LogP contribution in [0.25, 0.3) is 0 Å². The number of ether oxygens (including phenoxy) is 1. The molecule has 0 saturated heterocycles. The van der Waals surface area contributed by atoms with Crippen molar-refractivity contribution in [2.24, 2.45) is 11.7 Å². The number of methoxy groups -OCH3 is 1. The first-order chi connectivity index (χ1) is 8.13. The van der Waals surface area contributed by atoms with Crippen molar-refractivity contribution < 1.29 is 9.13 Å². The third-order valence-corrected chi connectivity index (χ3v) is 3.49. The molecule has 1 aliphatic rings. The van der Waals surface area contributed by atoms with Crippen molar-refractivity contribution in [3.63, 3.8) is 0 Å². The minimum atomic E-state index is -1.55. The molecule has 1 heterocycles. The van der Waals surface area contributed by atoms with Crippen LogP contribution in [0.5, 0.6) is 0 Å². The van der Waals surface area contributed by atoms with Gasteiger partial charge in [0.15, 0.2) is 5.67 Å². The topological polar surface area (TPSA) is 53.1 Å². The van der Waals surface area contributed by atoms with Crippen molar-refractivity contribution in [3.05, 3.63) is 16.9 Å². The lowest BCUT2D eigenvalue weighted by molar-refractivity contribution is 0.122. The lowest BCUT2D eigenvalue weighted by Gasteiger charge is -2.25. The monoisotopic (exact) mass is 261 g/mol. The smallest absolute Gasteiger partial charge is 0.168 e. The van der Waals surface area contributed by atoms with Gasteiger partial charge in [0, 0.05) is 19.6 Å². The Kier molecular flexibility index (Phi) is 3.70. The highest BCUT2D eigenvalue weighted by molar-refractivity contribution is 6.31. The van der Waals surface area contributed by atoms with Gasteiger partial charge in [-0.2, -0.15) is 5.10 Å². The summed E-state index contributed by atoms with van der Waals surface area (Å²) in [5.74, 6) is -0.0250. The van der Waals surface area contributed by atoms with Gasteiger partial charge in [0.2, 0.25) is 0 Å². The number of alkyl halides is 1. The normalized spacial score (nSPS) is 19.3. The largest absolute Gasteiger partial charge is 0.383 e. The summed E-state index contributed by atoms with van der Waals surface area (Å²) in [5, 5.41) is 4.43. The predicted molar refractivity (Wildman–Crippen MR) is 63.7 cm³/mol. The maximum atomic E-state index is 14.9. The van der Waals surface area contributed by atoms with Gasteiger partial charge in [0.25, 0.3) is 0 Å². The van der Waals surface area contributed by atoms with Gasteiger partial charge in [0.05, 0.1) is 30.1 Å². The van der Waals surface area contributed by atoms with Crippen LogP contribution in [0.15, 0.2) is 6.20 Å². The molecule has 1 aromatic rings. The molecular formula is C11H17ClFN3O. The second kappa shape index (κ2) is 4.92.